The molecule has 1 atom stereocenters. The van der Waals surface area contributed by atoms with Crippen molar-refractivity contribution in [2.75, 3.05) is 0 Å². The zero-order chi connectivity index (χ0) is 10.3. The summed E-state index contributed by atoms with van der Waals surface area (Å²) in [6.07, 6.45) is 7.64. The van der Waals surface area contributed by atoms with Crippen LogP contribution in [-0.2, 0) is 0 Å². The van der Waals surface area contributed by atoms with Gasteiger partial charge in [0, 0.05) is 0 Å². The molecule has 0 saturated carbocycles. The van der Waals surface area contributed by atoms with Crippen LogP contribution in [0.25, 0.3) is 0 Å². The van der Waals surface area contributed by atoms with E-state index >= 15 is 0 Å². The van der Waals surface area contributed by atoms with Gasteiger partial charge in [-0.05, 0) is 38.0 Å². The van der Waals surface area contributed by atoms with Gasteiger partial charge in [-0.3, -0.25) is 0 Å². The van der Waals surface area contributed by atoms with Crippen LogP contribution in [0.15, 0.2) is 11.6 Å². The number of hydrogen-bond acceptors (Lipinski definition) is 0. The summed E-state index contributed by atoms with van der Waals surface area (Å²) in [5.41, 5.74) is 1.58. The summed E-state index contributed by atoms with van der Waals surface area (Å²) in [6.45, 7) is 11.5. The van der Waals surface area contributed by atoms with Crippen molar-refractivity contribution in [1.82, 2.24) is 0 Å². The standard InChI is InChI=1S/C13H26/c1-6-7-8-12(4)9-10-13(5)11(2)3/h9,11,13H,6-8,10H2,1-5H3. The monoisotopic (exact) mass is 182 g/mol. The predicted molar refractivity (Wildman–Crippen MR) is 61.9 cm³/mol. The molecule has 0 spiro atoms. The lowest BCUT2D eigenvalue weighted by molar-refractivity contribution is 0.423. The normalized spacial score (nSPS) is 15.1. The quantitative estimate of drug-likeness (QED) is 0.517. The second kappa shape index (κ2) is 7.17. The maximum Gasteiger partial charge on any atom is -0.0320 e. The van der Waals surface area contributed by atoms with Gasteiger partial charge in [-0.2, -0.15) is 0 Å². The molecule has 1 unspecified atom stereocenters. The Morgan fingerprint density at radius 3 is 2.31 bits per heavy atom. The van der Waals surface area contributed by atoms with E-state index in [-0.39, 0.29) is 0 Å². The molecule has 0 aliphatic heterocycles. The van der Waals surface area contributed by atoms with Gasteiger partial charge in [-0.15, -0.1) is 0 Å². The molecule has 0 heteroatoms. The average molecular weight is 182 g/mol. The lowest BCUT2D eigenvalue weighted by atomic mass is 9.93. The molecule has 78 valence electrons. The highest BCUT2D eigenvalue weighted by Crippen LogP contribution is 2.16. The third-order valence-electron chi connectivity index (χ3n) is 2.90. The summed E-state index contributed by atoms with van der Waals surface area (Å²) < 4.78 is 0. The van der Waals surface area contributed by atoms with E-state index in [1.54, 1.807) is 5.57 Å². The van der Waals surface area contributed by atoms with Crippen LogP contribution in [0.3, 0.4) is 0 Å². The van der Waals surface area contributed by atoms with Crippen molar-refractivity contribution >= 4 is 0 Å². The van der Waals surface area contributed by atoms with Crippen LogP contribution in [0.5, 0.6) is 0 Å². The van der Waals surface area contributed by atoms with Crippen LogP contribution < -0.4 is 0 Å². The van der Waals surface area contributed by atoms with Crippen molar-refractivity contribution in [3.8, 4) is 0 Å². The average Bonchev–Trinajstić information content (AvgIpc) is 2.10. The molecule has 13 heavy (non-hydrogen) atoms. The van der Waals surface area contributed by atoms with Crippen molar-refractivity contribution in [2.24, 2.45) is 11.8 Å². The summed E-state index contributed by atoms with van der Waals surface area (Å²) in [5, 5.41) is 0. The first-order valence-corrected chi connectivity index (χ1v) is 5.73. The number of allylic oxidation sites excluding steroid dienone is 2. The third-order valence-corrected chi connectivity index (χ3v) is 2.90. The van der Waals surface area contributed by atoms with E-state index in [2.05, 4.69) is 40.7 Å². The first-order valence-electron chi connectivity index (χ1n) is 5.73. The number of rotatable bonds is 6. The molecule has 0 N–H and O–H groups in total. The molecule has 0 saturated heterocycles. The number of hydrogen-bond donors (Lipinski definition) is 0. The maximum absolute atomic E-state index is 2.43. The Bertz CT molecular complexity index is 142. The van der Waals surface area contributed by atoms with Crippen LogP contribution in [0.4, 0.5) is 0 Å². The van der Waals surface area contributed by atoms with E-state index in [0.29, 0.717) is 0 Å². The molecule has 0 radical (unpaired) electrons. The first kappa shape index (κ1) is 12.7. The maximum atomic E-state index is 2.43. The largest absolute Gasteiger partial charge is 0.0853 e. The second-order valence-electron chi connectivity index (χ2n) is 4.61. The number of unbranched alkanes of at least 4 members (excludes halogenated alkanes) is 1. The fourth-order valence-corrected chi connectivity index (χ4v) is 1.22. The van der Waals surface area contributed by atoms with Gasteiger partial charge < -0.3 is 0 Å². The van der Waals surface area contributed by atoms with Gasteiger partial charge in [0.05, 0.1) is 0 Å². The lowest BCUT2D eigenvalue weighted by Gasteiger charge is -2.13. The summed E-state index contributed by atoms with van der Waals surface area (Å²) in [7, 11) is 0. The van der Waals surface area contributed by atoms with Crippen molar-refractivity contribution < 1.29 is 0 Å². The molecule has 0 aromatic heterocycles. The minimum atomic E-state index is 0.815. The molecule has 0 amide bonds. The van der Waals surface area contributed by atoms with Crippen molar-refractivity contribution in [3.05, 3.63) is 11.6 Å². The van der Waals surface area contributed by atoms with Gasteiger partial charge >= 0.3 is 0 Å². The highest BCUT2D eigenvalue weighted by Gasteiger charge is 2.04. The van der Waals surface area contributed by atoms with E-state index in [1.807, 2.05) is 0 Å². The lowest BCUT2D eigenvalue weighted by Crippen LogP contribution is -2.02. The summed E-state index contributed by atoms with van der Waals surface area (Å²) in [4.78, 5) is 0. The van der Waals surface area contributed by atoms with E-state index in [0.717, 1.165) is 11.8 Å². The molecule has 0 fully saturated rings. The van der Waals surface area contributed by atoms with E-state index in [1.165, 1.54) is 25.7 Å². The highest BCUT2D eigenvalue weighted by atomic mass is 14.1. The Labute approximate surface area is 84.4 Å². The first-order chi connectivity index (χ1) is 6.07. The van der Waals surface area contributed by atoms with E-state index in [9.17, 15) is 0 Å². The van der Waals surface area contributed by atoms with Crippen molar-refractivity contribution in [3.63, 3.8) is 0 Å². The Hall–Kier alpha value is -0.260. The minimum Gasteiger partial charge on any atom is -0.0853 e. The van der Waals surface area contributed by atoms with Gasteiger partial charge in [-0.25, -0.2) is 0 Å². The van der Waals surface area contributed by atoms with Crippen molar-refractivity contribution in [1.29, 1.82) is 0 Å². The SMILES string of the molecule is CCCCC(C)=CCC(C)C(C)C. The molecular formula is C13H26. The zero-order valence-corrected chi connectivity index (χ0v) is 10.1. The highest BCUT2D eigenvalue weighted by molar-refractivity contribution is 4.98. The Morgan fingerprint density at radius 1 is 1.23 bits per heavy atom. The summed E-state index contributed by atoms with van der Waals surface area (Å²) in [6, 6.07) is 0. The van der Waals surface area contributed by atoms with Crippen LogP contribution >= 0.6 is 0 Å². The Morgan fingerprint density at radius 2 is 1.85 bits per heavy atom. The fourth-order valence-electron chi connectivity index (χ4n) is 1.22. The molecule has 0 nitrogen and oxygen atoms in total. The predicted octanol–water partition coefficient (Wildman–Crippen LogP) is 4.81. The van der Waals surface area contributed by atoms with Crippen LogP contribution in [0, 0.1) is 11.8 Å². The Balaban J connectivity index is 3.69. The van der Waals surface area contributed by atoms with Gasteiger partial charge in [-0.1, -0.05) is 45.8 Å². The molecule has 0 bridgehead atoms. The minimum absolute atomic E-state index is 0.815. The van der Waals surface area contributed by atoms with Gasteiger partial charge in [0.25, 0.3) is 0 Å². The molecule has 0 aliphatic carbocycles. The summed E-state index contributed by atoms with van der Waals surface area (Å²) in [5.74, 6) is 1.65. The van der Waals surface area contributed by atoms with E-state index in [4.69, 9.17) is 0 Å². The second-order valence-corrected chi connectivity index (χ2v) is 4.61. The molecule has 0 aliphatic rings. The summed E-state index contributed by atoms with van der Waals surface area (Å²) >= 11 is 0. The molecular weight excluding hydrogens is 156 g/mol. The fraction of sp³-hybridized carbons (Fsp3) is 0.846. The van der Waals surface area contributed by atoms with Gasteiger partial charge in [0.15, 0.2) is 0 Å². The third kappa shape index (κ3) is 6.86. The topological polar surface area (TPSA) is 0 Å². The molecule has 0 aromatic rings. The molecule has 0 rings (SSSR count). The van der Waals surface area contributed by atoms with Crippen molar-refractivity contribution in [2.45, 2.75) is 60.3 Å². The Kier molecular flexibility index (Phi) is 7.03. The van der Waals surface area contributed by atoms with E-state index < -0.39 is 0 Å². The van der Waals surface area contributed by atoms with Crippen LogP contribution in [0.2, 0.25) is 0 Å². The van der Waals surface area contributed by atoms with Crippen LogP contribution in [-0.4, -0.2) is 0 Å². The van der Waals surface area contributed by atoms with Crippen LogP contribution in [0.1, 0.15) is 60.3 Å². The smallest absolute Gasteiger partial charge is 0.0320 e. The molecule has 0 heterocycles. The molecule has 0 aromatic carbocycles. The van der Waals surface area contributed by atoms with Gasteiger partial charge in [0.2, 0.25) is 0 Å². The van der Waals surface area contributed by atoms with Gasteiger partial charge in [0.1, 0.15) is 0 Å². The zero-order valence-electron chi connectivity index (χ0n) is 10.1.